The largest absolute Gasteiger partial charge is 0.399 e. The molecule has 0 aromatic rings. The Morgan fingerprint density at radius 1 is 1.82 bits per heavy atom. The number of oxime groups is 1. The summed E-state index contributed by atoms with van der Waals surface area (Å²) in [4.78, 5) is 6.91. The predicted molar refractivity (Wildman–Crippen MR) is 44.5 cm³/mol. The van der Waals surface area contributed by atoms with Crippen molar-refractivity contribution in [2.24, 2.45) is 10.9 Å². The Bertz CT molecular complexity index is 158. The van der Waals surface area contributed by atoms with Gasteiger partial charge in [0.25, 0.3) is 0 Å². The molecule has 1 fully saturated rings. The number of likely N-dealkylation sites (tertiary alicyclic amines) is 1. The molecule has 0 aromatic carbocycles. The Morgan fingerprint density at radius 2 is 2.55 bits per heavy atom. The van der Waals surface area contributed by atoms with Gasteiger partial charge in [-0.3, -0.25) is 4.90 Å². The lowest BCUT2D eigenvalue weighted by atomic mass is 10.2. The SMILES string of the molecule is CCN1C/C(=N\OC)[C@@H](N)C1. The van der Waals surface area contributed by atoms with Gasteiger partial charge in [0.2, 0.25) is 0 Å². The highest BCUT2D eigenvalue weighted by molar-refractivity contribution is 5.92. The molecule has 2 N–H and O–H groups in total. The van der Waals surface area contributed by atoms with Gasteiger partial charge in [0, 0.05) is 13.1 Å². The summed E-state index contributed by atoms with van der Waals surface area (Å²) in [5.41, 5.74) is 6.73. The van der Waals surface area contributed by atoms with Gasteiger partial charge in [-0.1, -0.05) is 12.1 Å². The predicted octanol–water partition coefficient (Wildman–Crippen LogP) is -0.348. The average Bonchev–Trinajstić information content (AvgIpc) is 2.33. The Hall–Kier alpha value is -0.610. The Kier molecular flexibility index (Phi) is 2.84. The molecule has 1 saturated heterocycles. The normalized spacial score (nSPS) is 29.7. The van der Waals surface area contributed by atoms with Crippen molar-refractivity contribution in [1.82, 2.24) is 4.90 Å². The van der Waals surface area contributed by atoms with E-state index in [0.29, 0.717) is 0 Å². The van der Waals surface area contributed by atoms with E-state index in [1.165, 1.54) is 0 Å². The number of nitrogens with two attached hydrogens (primary N) is 1. The molecule has 1 aliphatic heterocycles. The Balaban J connectivity index is 2.51. The number of rotatable bonds is 2. The van der Waals surface area contributed by atoms with Crippen molar-refractivity contribution >= 4 is 5.71 Å². The lowest BCUT2D eigenvalue weighted by Crippen LogP contribution is -2.29. The van der Waals surface area contributed by atoms with E-state index in [2.05, 4.69) is 21.8 Å². The van der Waals surface area contributed by atoms with Crippen LogP contribution in [0.3, 0.4) is 0 Å². The first-order valence-electron chi connectivity index (χ1n) is 3.85. The van der Waals surface area contributed by atoms with E-state index in [1.807, 2.05) is 0 Å². The summed E-state index contributed by atoms with van der Waals surface area (Å²) < 4.78 is 0. The third-order valence-corrected chi connectivity index (χ3v) is 1.92. The van der Waals surface area contributed by atoms with Gasteiger partial charge in [-0.25, -0.2) is 0 Å². The summed E-state index contributed by atoms with van der Waals surface area (Å²) in [7, 11) is 1.55. The van der Waals surface area contributed by atoms with Gasteiger partial charge in [-0.2, -0.15) is 0 Å². The Morgan fingerprint density at radius 3 is 3.00 bits per heavy atom. The maximum Gasteiger partial charge on any atom is 0.106 e. The molecule has 0 aliphatic carbocycles. The van der Waals surface area contributed by atoms with Crippen molar-refractivity contribution in [3.8, 4) is 0 Å². The summed E-state index contributed by atoms with van der Waals surface area (Å²) in [5.74, 6) is 0. The van der Waals surface area contributed by atoms with Crippen molar-refractivity contribution in [3.63, 3.8) is 0 Å². The van der Waals surface area contributed by atoms with Crippen LogP contribution in [0.1, 0.15) is 6.92 Å². The lowest BCUT2D eigenvalue weighted by Gasteiger charge is -2.08. The molecular formula is C7H15N3O. The molecule has 0 spiro atoms. The van der Waals surface area contributed by atoms with Crippen LogP contribution >= 0.6 is 0 Å². The topological polar surface area (TPSA) is 50.8 Å². The summed E-state index contributed by atoms with van der Waals surface area (Å²) in [6.45, 7) is 4.89. The second-order valence-electron chi connectivity index (χ2n) is 2.70. The second-order valence-corrected chi connectivity index (χ2v) is 2.70. The van der Waals surface area contributed by atoms with Crippen LogP contribution in [0.4, 0.5) is 0 Å². The van der Waals surface area contributed by atoms with E-state index >= 15 is 0 Å². The lowest BCUT2D eigenvalue weighted by molar-refractivity contribution is 0.212. The fraction of sp³-hybridized carbons (Fsp3) is 0.857. The highest BCUT2D eigenvalue weighted by Crippen LogP contribution is 2.04. The minimum absolute atomic E-state index is 0.0647. The molecule has 0 amide bonds. The summed E-state index contributed by atoms with van der Waals surface area (Å²) in [5, 5.41) is 3.85. The van der Waals surface area contributed by atoms with E-state index in [9.17, 15) is 0 Å². The molecule has 0 bridgehead atoms. The molecule has 0 unspecified atom stereocenters. The minimum atomic E-state index is 0.0647. The van der Waals surface area contributed by atoms with Crippen LogP contribution in [0.5, 0.6) is 0 Å². The van der Waals surface area contributed by atoms with Crippen molar-refractivity contribution < 1.29 is 4.84 Å². The van der Waals surface area contributed by atoms with Crippen LogP contribution in [0, 0.1) is 0 Å². The Labute approximate surface area is 67.0 Å². The van der Waals surface area contributed by atoms with Crippen molar-refractivity contribution in [3.05, 3.63) is 0 Å². The maximum atomic E-state index is 5.78. The maximum absolute atomic E-state index is 5.78. The van der Waals surface area contributed by atoms with Crippen LogP contribution in [-0.2, 0) is 4.84 Å². The zero-order valence-corrected chi connectivity index (χ0v) is 7.08. The van der Waals surface area contributed by atoms with Crippen LogP contribution in [0.2, 0.25) is 0 Å². The average molecular weight is 157 g/mol. The number of hydrogen-bond donors (Lipinski definition) is 1. The smallest absolute Gasteiger partial charge is 0.106 e. The van der Waals surface area contributed by atoms with Gasteiger partial charge >= 0.3 is 0 Å². The third-order valence-electron chi connectivity index (χ3n) is 1.92. The summed E-state index contributed by atoms with van der Waals surface area (Å²) in [6, 6.07) is 0.0647. The van der Waals surface area contributed by atoms with E-state index in [0.717, 1.165) is 25.3 Å². The minimum Gasteiger partial charge on any atom is -0.399 e. The third kappa shape index (κ3) is 1.91. The molecule has 1 aliphatic rings. The van der Waals surface area contributed by atoms with E-state index in [1.54, 1.807) is 7.11 Å². The highest BCUT2D eigenvalue weighted by Gasteiger charge is 2.24. The molecular weight excluding hydrogens is 142 g/mol. The number of hydrogen-bond acceptors (Lipinski definition) is 4. The van der Waals surface area contributed by atoms with Gasteiger partial charge in [-0.15, -0.1) is 0 Å². The first-order valence-corrected chi connectivity index (χ1v) is 3.85. The number of likely N-dealkylation sites (N-methyl/N-ethyl adjacent to an activating group) is 1. The first kappa shape index (κ1) is 8.49. The van der Waals surface area contributed by atoms with Gasteiger partial charge in [0.1, 0.15) is 7.11 Å². The van der Waals surface area contributed by atoms with Crippen LogP contribution in [-0.4, -0.2) is 43.4 Å². The summed E-state index contributed by atoms with van der Waals surface area (Å²) in [6.07, 6.45) is 0. The molecule has 4 heteroatoms. The van der Waals surface area contributed by atoms with E-state index in [4.69, 9.17) is 5.73 Å². The molecule has 4 nitrogen and oxygen atoms in total. The zero-order valence-electron chi connectivity index (χ0n) is 7.08. The van der Waals surface area contributed by atoms with Gasteiger partial charge in [0.05, 0.1) is 11.8 Å². The zero-order chi connectivity index (χ0) is 8.27. The monoisotopic (exact) mass is 157 g/mol. The fourth-order valence-electron chi connectivity index (χ4n) is 1.25. The van der Waals surface area contributed by atoms with Crippen LogP contribution in [0.15, 0.2) is 5.16 Å². The standard InChI is InChI=1S/C7H15N3O/c1-3-10-4-6(8)7(5-10)9-11-2/h6H,3-5,8H2,1-2H3/b9-7+/t6-/m0/s1. The molecule has 1 heterocycles. The molecule has 1 atom stereocenters. The molecule has 0 aromatic heterocycles. The molecule has 0 radical (unpaired) electrons. The fourth-order valence-corrected chi connectivity index (χ4v) is 1.25. The van der Waals surface area contributed by atoms with Crippen molar-refractivity contribution in [2.45, 2.75) is 13.0 Å². The van der Waals surface area contributed by atoms with E-state index < -0.39 is 0 Å². The van der Waals surface area contributed by atoms with Crippen molar-refractivity contribution in [2.75, 3.05) is 26.7 Å². The van der Waals surface area contributed by atoms with Crippen molar-refractivity contribution in [1.29, 1.82) is 0 Å². The van der Waals surface area contributed by atoms with Crippen LogP contribution in [0.25, 0.3) is 0 Å². The molecule has 11 heavy (non-hydrogen) atoms. The highest BCUT2D eigenvalue weighted by atomic mass is 16.6. The summed E-state index contributed by atoms with van der Waals surface area (Å²) >= 11 is 0. The molecule has 1 rings (SSSR count). The second kappa shape index (κ2) is 3.69. The van der Waals surface area contributed by atoms with Crippen LogP contribution < -0.4 is 5.73 Å². The molecule has 64 valence electrons. The first-order chi connectivity index (χ1) is 5.27. The van der Waals surface area contributed by atoms with Gasteiger partial charge < -0.3 is 10.6 Å². The van der Waals surface area contributed by atoms with E-state index in [-0.39, 0.29) is 6.04 Å². The number of nitrogens with zero attached hydrogens (tertiary/aromatic N) is 2. The van der Waals surface area contributed by atoms with Gasteiger partial charge in [-0.05, 0) is 6.54 Å². The molecule has 0 saturated carbocycles. The van der Waals surface area contributed by atoms with Gasteiger partial charge in [0.15, 0.2) is 0 Å². The quantitative estimate of drug-likeness (QED) is 0.557.